The minimum atomic E-state index is -1.01. The molecule has 0 saturated heterocycles. The number of rotatable bonds is 7. The second-order valence-corrected chi connectivity index (χ2v) is 6.09. The van der Waals surface area contributed by atoms with E-state index in [2.05, 4.69) is 5.32 Å². The predicted octanol–water partition coefficient (Wildman–Crippen LogP) is 2.38. The summed E-state index contributed by atoms with van der Waals surface area (Å²) in [6.07, 6.45) is 1.37. The molecule has 0 unspecified atom stereocenters. The van der Waals surface area contributed by atoms with Crippen LogP contribution in [-0.4, -0.2) is 36.7 Å². The Kier molecular flexibility index (Phi) is 5.73. The highest BCUT2D eigenvalue weighted by molar-refractivity contribution is 5.84. The van der Waals surface area contributed by atoms with Gasteiger partial charge in [0, 0.05) is 12.1 Å². The summed E-state index contributed by atoms with van der Waals surface area (Å²) in [6, 6.07) is 14.9. The largest absolute Gasteiger partial charge is 0.493 e. The van der Waals surface area contributed by atoms with Crippen LogP contribution in [0.5, 0.6) is 11.5 Å². The second kappa shape index (κ2) is 8.38. The summed E-state index contributed by atoms with van der Waals surface area (Å²) in [7, 11) is 0. The zero-order chi connectivity index (χ0) is 18.4. The summed E-state index contributed by atoms with van der Waals surface area (Å²) in [6.45, 7) is 0.725. The summed E-state index contributed by atoms with van der Waals surface area (Å²) >= 11 is 0. The molecule has 0 radical (unpaired) electrons. The Morgan fingerprint density at radius 3 is 2.69 bits per heavy atom. The van der Waals surface area contributed by atoms with E-state index in [4.69, 9.17) is 14.6 Å². The number of amides is 1. The lowest BCUT2D eigenvalue weighted by atomic mass is 9.92. The smallest absolute Gasteiger partial charge is 0.341 e. The van der Waals surface area contributed by atoms with Gasteiger partial charge in [-0.15, -0.1) is 0 Å². The van der Waals surface area contributed by atoms with Crippen LogP contribution in [0.4, 0.5) is 0 Å². The molecule has 0 aliphatic carbocycles. The zero-order valence-corrected chi connectivity index (χ0v) is 14.3. The molecule has 2 N–H and O–H groups in total. The van der Waals surface area contributed by atoms with Gasteiger partial charge in [0.15, 0.2) is 6.61 Å². The minimum absolute atomic E-state index is 0.0159. The third kappa shape index (κ3) is 4.53. The van der Waals surface area contributed by atoms with Gasteiger partial charge in [0.1, 0.15) is 11.5 Å². The fourth-order valence-electron chi connectivity index (χ4n) is 2.97. The highest BCUT2D eigenvalue weighted by Crippen LogP contribution is 2.33. The van der Waals surface area contributed by atoms with E-state index >= 15 is 0 Å². The lowest BCUT2D eigenvalue weighted by Gasteiger charge is -2.25. The zero-order valence-electron chi connectivity index (χ0n) is 14.3. The maximum atomic E-state index is 12.5. The normalized spacial score (nSPS) is 15.5. The predicted molar refractivity (Wildman–Crippen MR) is 95.6 cm³/mol. The Labute approximate surface area is 151 Å². The third-order valence-electron chi connectivity index (χ3n) is 4.27. The average Bonchev–Trinajstić information content (AvgIpc) is 2.66. The lowest BCUT2D eigenvalue weighted by molar-refractivity contribution is -0.139. The molecule has 136 valence electrons. The van der Waals surface area contributed by atoms with Gasteiger partial charge in [-0.1, -0.05) is 30.3 Å². The Bertz CT molecular complexity index is 772. The van der Waals surface area contributed by atoms with Crippen molar-refractivity contribution >= 4 is 11.9 Å². The van der Waals surface area contributed by atoms with Crippen LogP contribution in [0.25, 0.3) is 0 Å². The van der Waals surface area contributed by atoms with Crippen LogP contribution in [0.1, 0.15) is 23.5 Å². The van der Waals surface area contributed by atoms with Gasteiger partial charge in [-0.2, -0.15) is 0 Å². The summed E-state index contributed by atoms with van der Waals surface area (Å²) in [5.74, 6) is 0.134. The van der Waals surface area contributed by atoms with Crippen LogP contribution in [0.15, 0.2) is 48.5 Å². The molecule has 1 aliphatic rings. The van der Waals surface area contributed by atoms with Crippen molar-refractivity contribution < 1.29 is 24.2 Å². The van der Waals surface area contributed by atoms with E-state index in [1.807, 2.05) is 36.4 Å². The Morgan fingerprint density at radius 1 is 1.15 bits per heavy atom. The first-order chi connectivity index (χ1) is 12.6. The maximum absolute atomic E-state index is 12.5. The number of para-hydroxylation sites is 1. The summed E-state index contributed by atoms with van der Waals surface area (Å²) < 4.78 is 10.7. The van der Waals surface area contributed by atoms with Crippen LogP contribution in [0.2, 0.25) is 0 Å². The van der Waals surface area contributed by atoms with Crippen LogP contribution in [0.3, 0.4) is 0 Å². The quantitative estimate of drug-likeness (QED) is 0.796. The van der Waals surface area contributed by atoms with Gasteiger partial charge in [0.05, 0.1) is 12.5 Å². The van der Waals surface area contributed by atoms with Gasteiger partial charge in [-0.25, -0.2) is 4.79 Å². The number of hydrogen-bond donors (Lipinski definition) is 2. The first-order valence-corrected chi connectivity index (χ1v) is 8.56. The molecule has 26 heavy (non-hydrogen) atoms. The van der Waals surface area contributed by atoms with Crippen LogP contribution >= 0.6 is 0 Å². The van der Waals surface area contributed by atoms with Crippen molar-refractivity contribution in [1.29, 1.82) is 0 Å². The molecule has 1 heterocycles. The van der Waals surface area contributed by atoms with Gasteiger partial charge < -0.3 is 19.9 Å². The standard InChI is InChI=1S/C20H21NO5/c22-19(23)13-26-15-7-5-14(6-8-15)9-11-21-20(24)17-10-12-25-18-4-2-1-3-16(17)18/h1-8,17H,9-13H2,(H,21,24)(H,22,23)/t17-/m0/s1. The van der Waals surface area contributed by atoms with Gasteiger partial charge in [-0.05, 0) is 36.6 Å². The Morgan fingerprint density at radius 2 is 1.92 bits per heavy atom. The molecular formula is C20H21NO5. The van der Waals surface area contributed by atoms with Crippen molar-refractivity contribution in [2.75, 3.05) is 19.8 Å². The lowest BCUT2D eigenvalue weighted by Crippen LogP contribution is -2.33. The van der Waals surface area contributed by atoms with Crippen molar-refractivity contribution in [3.8, 4) is 11.5 Å². The summed E-state index contributed by atoms with van der Waals surface area (Å²) in [4.78, 5) is 23.0. The van der Waals surface area contributed by atoms with Crippen molar-refractivity contribution in [2.24, 2.45) is 0 Å². The van der Waals surface area contributed by atoms with Crippen LogP contribution in [0, 0.1) is 0 Å². The van der Waals surface area contributed by atoms with Crippen molar-refractivity contribution in [3.63, 3.8) is 0 Å². The van der Waals surface area contributed by atoms with E-state index in [0.717, 1.165) is 16.9 Å². The number of fused-ring (bicyclic) bond motifs is 1. The highest BCUT2D eigenvalue weighted by atomic mass is 16.5. The highest BCUT2D eigenvalue weighted by Gasteiger charge is 2.26. The topological polar surface area (TPSA) is 84.9 Å². The molecule has 6 heteroatoms. The number of carboxylic acids is 1. The molecule has 0 saturated carbocycles. The van der Waals surface area contributed by atoms with Crippen LogP contribution in [-0.2, 0) is 16.0 Å². The average molecular weight is 355 g/mol. The first-order valence-electron chi connectivity index (χ1n) is 8.56. The number of ether oxygens (including phenoxy) is 2. The number of hydrogen-bond acceptors (Lipinski definition) is 4. The number of carbonyl (C=O) groups is 2. The molecule has 2 aromatic rings. The molecule has 0 bridgehead atoms. The summed E-state index contributed by atoms with van der Waals surface area (Å²) in [5, 5.41) is 11.6. The van der Waals surface area contributed by atoms with Crippen molar-refractivity contribution in [3.05, 3.63) is 59.7 Å². The molecule has 1 amide bonds. The Balaban J connectivity index is 1.49. The number of aliphatic carboxylic acids is 1. The van der Waals surface area contributed by atoms with Crippen molar-refractivity contribution in [2.45, 2.75) is 18.8 Å². The van der Waals surface area contributed by atoms with E-state index in [0.29, 0.717) is 31.7 Å². The monoisotopic (exact) mass is 355 g/mol. The molecule has 1 aliphatic heterocycles. The molecular weight excluding hydrogens is 334 g/mol. The van der Waals surface area contributed by atoms with E-state index in [1.165, 1.54) is 0 Å². The number of carboxylic acid groups (broad SMARTS) is 1. The Hall–Kier alpha value is -3.02. The fourth-order valence-corrected chi connectivity index (χ4v) is 2.97. The van der Waals surface area contributed by atoms with Gasteiger partial charge in [0.25, 0.3) is 0 Å². The molecule has 0 fully saturated rings. The van der Waals surface area contributed by atoms with Gasteiger partial charge in [0.2, 0.25) is 5.91 Å². The van der Waals surface area contributed by atoms with E-state index in [9.17, 15) is 9.59 Å². The summed E-state index contributed by atoms with van der Waals surface area (Å²) in [5.41, 5.74) is 1.98. The first kappa shape index (κ1) is 17.8. The molecule has 1 atom stereocenters. The molecule has 3 rings (SSSR count). The molecule has 0 aromatic heterocycles. The second-order valence-electron chi connectivity index (χ2n) is 6.09. The van der Waals surface area contributed by atoms with E-state index in [-0.39, 0.29) is 18.4 Å². The van der Waals surface area contributed by atoms with Crippen molar-refractivity contribution in [1.82, 2.24) is 5.32 Å². The molecule has 0 spiro atoms. The van der Waals surface area contributed by atoms with Gasteiger partial charge in [-0.3, -0.25) is 4.79 Å². The third-order valence-corrected chi connectivity index (χ3v) is 4.27. The number of carbonyl (C=O) groups excluding carboxylic acids is 1. The molecule has 6 nitrogen and oxygen atoms in total. The number of benzene rings is 2. The minimum Gasteiger partial charge on any atom is -0.493 e. The van der Waals surface area contributed by atoms with Gasteiger partial charge >= 0.3 is 5.97 Å². The maximum Gasteiger partial charge on any atom is 0.341 e. The SMILES string of the molecule is O=C(O)COc1ccc(CCNC(=O)[C@H]2CCOc3ccccc32)cc1. The molecule has 2 aromatic carbocycles. The van der Waals surface area contributed by atoms with E-state index < -0.39 is 5.97 Å². The van der Waals surface area contributed by atoms with Crippen LogP contribution < -0.4 is 14.8 Å². The fraction of sp³-hybridized carbons (Fsp3) is 0.300. The number of nitrogens with one attached hydrogen (secondary N) is 1. The van der Waals surface area contributed by atoms with E-state index in [1.54, 1.807) is 12.1 Å².